The molecule has 238 valence electrons. The Morgan fingerprint density at radius 2 is 1.84 bits per heavy atom. The second-order valence-corrected chi connectivity index (χ2v) is 12.5. The lowest BCUT2D eigenvalue weighted by Crippen LogP contribution is -2.59. The molecule has 6 N–H and O–H groups in total. The standard InChI is InChI=1S/C32H39NO11/c1-14-5-4-6-17-23(14)30(39)26-25(28(17)37)29(38)18-10-32(41,21(35)13-34)11-20(24(18)31(26)40)44-22-9-19(27(36)16(3)43-22)33-7-8-42-15(2)12-33/h4-6,15-16,19-22,27,34-36,38,40-41H,7-13H2,1-3H3/t15-,16+,19+,20+,21?,22+,27-,32+/m1/s1. The van der Waals surface area contributed by atoms with Crippen molar-refractivity contribution in [1.29, 1.82) is 0 Å². The van der Waals surface area contributed by atoms with Gasteiger partial charge in [0, 0.05) is 60.6 Å². The number of hydrogen-bond donors (Lipinski definition) is 6. The lowest BCUT2D eigenvalue weighted by molar-refractivity contribution is -0.264. The van der Waals surface area contributed by atoms with Gasteiger partial charge in [-0.05, 0) is 26.3 Å². The number of phenols is 2. The number of carbonyl (C=O) groups is 2. The molecule has 0 bridgehead atoms. The van der Waals surface area contributed by atoms with E-state index in [1.165, 1.54) is 6.07 Å². The number of rotatable bonds is 5. The molecular formula is C32H39NO11. The SMILES string of the molecule is Cc1cccc2c1C(=O)c1c(O)c3c(c(O)c1C2=O)C[C@@](O)(C(O)CO)C[C@@H]3O[C@H]1C[C@H](N2CCO[C@H](C)C2)[C@H](O)[C@H](C)O1. The molecule has 2 aliphatic heterocycles. The van der Waals surface area contributed by atoms with Crippen molar-refractivity contribution in [1.82, 2.24) is 4.90 Å². The second kappa shape index (κ2) is 11.5. The number of ether oxygens (including phenoxy) is 3. The molecule has 2 saturated heterocycles. The van der Waals surface area contributed by atoms with Crippen LogP contribution in [-0.4, -0.2) is 116 Å². The highest BCUT2D eigenvalue weighted by atomic mass is 16.7. The molecule has 2 heterocycles. The van der Waals surface area contributed by atoms with Crippen molar-refractivity contribution in [3.05, 3.63) is 57.1 Å². The molecule has 0 radical (unpaired) electrons. The first-order valence-corrected chi connectivity index (χ1v) is 15.0. The van der Waals surface area contributed by atoms with Crippen molar-refractivity contribution in [3.63, 3.8) is 0 Å². The first-order valence-electron chi connectivity index (χ1n) is 15.0. The van der Waals surface area contributed by atoms with Gasteiger partial charge >= 0.3 is 0 Å². The number of morpholine rings is 1. The van der Waals surface area contributed by atoms with Crippen molar-refractivity contribution >= 4 is 11.6 Å². The first-order chi connectivity index (χ1) is 20.9. The van der Waals surface area contributed by atoms with E-state index in [9.17, 15) is 40.2 Å². The van der Waals surface area contributed by atoms with Crippen LogP contribution in [0.25, 0.3) is 0 Å². The zero-order valence-electron chi connectivity index (χ0n) is 24.9. The minimum Gasteiger partial charge on any atom is -0.507 e. The topological polar surface area (TPSA) is 186 Å². The number of aliphatic hydroxyl groups excluding tert-OH is 3. The molecule has 6 rings (SSSR count). The van der Waals surface area contributed by atoms with Crippen molar-refractivity contribution in [3.8, 4) is 11.5 Å². The summed E-state index contributed by atoms with van der Waals surface area (Å²) >= 11 is 0. The summed E-state index contributed by atoms with van der Waals surface area (Å²) in [5, 5.41) is 66.2. The predicted octanol–water partition coefficient (Wildman–Crippen LogP) is 0.855. The molecule has 0 saturated carbocycles. The monoisotopic (exact) mass is 613 g/mol. The summed E-state index contributed by atoms with van der Waals surface area (Å²) < 4.78 is 18.1. The Morgan fingerprint density at radius 3 is 2.55 bits per heavy atom. The van der Waals surface area contributed by atoms with Crippen LogP contribution in [-0.2, 0) is 20.6 Å². The van der Waals surface area contributed by atoms with Crippen LogP contribution >= 0.6 is 0 Å². The Labute approximate surface area is 254 Å². The summed E-state index contributed by atoms with van der Waals surface area (Å²) in [6.45, 7) is 6.21. The number of fused-ring (bicyclic) bond motifs is 3. The van der Waals surface area contributed by atoms with Crippen molar-refractivity contribution in [2.24, 2.45) is 0 Å². The summed E-state index contributed by atoms with van der Waals surface area (Å²) in [6, 6.07) is 4.41. The van der Waals surface area contributed by atoms with E-state index in [-0.39, 0.29) is 52.8 Å². The molecule has 0 amide bonds. The van der Waals surface area contributed by atoms with Gasteiger partial charge in [-0.1, -0.05) is 18.2 Å². The molecule has 44 heavy (non-hydrogen) atoms. The van der Waals surface area contributed by atoms with Crippen LogP contribution in [0, 0.1) is 6.92 Å². The summed E-state index contributed by atoms with van der Waals surface area (Å²) in [6.07, 6.45) is -5.92. The number of aryl methyl sites for hydroxylation is 1. The normalized spacial score (nSPS) is 33.0. The zero-order valence-corrected chi connectivity index (χ0v) is 24.9. The molecule has 0 aromatic heterocycles. The van der Waals surface area contributed by atoms with Gasteiger partial charge in [0.2, 0.25) is 0 Å². The predicted molar refractivity (Wildman–Crippen MR) is 154 cm³/mol. The quantitative estimate of drug-likeness (QED) is 0.223. The number of ketones is 2. The van der Waals surface area contributed by atoms with Crippen LogP contribution in [0.1, 0.15) is 81.3 Å². The van der Waals surface area contributed by atoms with Crippen molar-refractivity contribution in [2.75, 3.05) is 26.3 Å². The number of benzene rings is 2. The lowest BCUT2D eigenvalue weighted by Gasteiger charge is -2.47. The van der Waals surface area contributed by atoms with Gasteiger partial charge in [0.05, 0.1) is 54.4 Å². The highest BCUT2D eigenvalue weighted by Crippen LogP contribution is 2.52. The van der Waals surface area contributed by atoms with Gasteiger partial charge in [0.25, 0.3) is 0 Å². The van der Waals surface area contributed by atoms with Crippen molar-refractivity contribution in [2.45, 2.75) is 88.5 Å². The maximum atomic E-state index is 13.8. The largest absolute Gasteiger partial charge is 0.507 e. The minimum atomic E-state index is -2.03. The van der Waals surface area contributed by atoms with Crippen LogP contribution in [0.2, 0.25) is 0 Å². The van der Waals surface area contributed by atoms with Gasteiger partial charge in [-0.15, -0.1) is 0 Å². The molecule has 2 aromatic carbocycles. The van der Waals surface area contributed by atoms with Crippen LogP contribution in [0.5, 0.6) is 11.5 Å². The summed E-state index contributed by atoms with van der Waals surface area (Å²) in [4.78, 5) is 29.5. The van der Waals surface area contributed by atoms with Gasteiger partial charge < -0.3 is 44.8 Å². The highest BCUT2D eigenvalue weighted by molar-refractivity contribution is 6.31. The maximum Gasteiger partial charge on any atom is 0.198 e. The Kier molecular flexibility index (Phi) is 8.08. The van der Waals surface area contributed by atoms with E-state index >= 15 is 0 Å². The van der Waals surface area contributed by atoms with Crippen LogP contribution in [0.4, 0.5) is 0 Å². The molecule has 12 nitrogen and oxygen atoms in total. The average molecular weight is 614 g/mol. The van der Waals surface area contributed by atoms with E-state index < -0.39 is 78.0 Å². The van der Waals surface area contributed by atoms with Crippen LogP contribution in [0.15, 0.2) is 18.2 Å². The van der Waals surface area contributed by atoms with Gasteiger partial charge in [0.1, 0.15) is 17.6 Å². The Bertz CT molecular complexity index is 1490. The molecule has 12 heteroatoms. The van der Waals surface area contributed by atoms with Crippen LogP contribution in [0.3, 0.4) is 0 Å². The fourth-order valence-electron chi connectivity index (χ4n) is 7.33. The maximum absolute atomic E-state index is 13.8. The number of carbonyl (C=O) groups excluding carboxylic acids is 2. The number of aliphatic hydroxyl groups is 4. The van der Waals surface area contributed by atoms with Gasteiger partial charge in [-0.3, -0.25) is 14.5 Å². The third-order valence-electron chi connectivity index (χ3n) is 9.66. The second-order valence-electron chi connectivity index (χ2n) is 12.5. The number of hydrogen-bond acceptors (Lipinski definition) is 12. The van der Waals surface area contributed by atoms with E-state index in [1.807, 2.05) is 6.92 Å². The van der Waals surface area contributed by atoms with E-state index in [2.05, 4.69) is 4.90 Å². The molecule has 4 aliphatic rings. The van der Waals surface area contributed by atoms with Gasteiger partial charge in [0.15, 0.2) is 17.9 Å². The summed E-state index contributed by atoms with van der Waals surface area (Å²) in [5.41, 5.74) is -2.12. The number of aromatic hydroxyl groups is 2. The first kappa shape index (κ1) is 31.1. The molecule has 0 spiro atoms. The summed E-state index contributed by atoms with van der Waals surface area (Å²) in [5.74, 6) is -2.47. The van der Waals surface area contributed by atoms with Gasteiger partial charge in [-0.25, -0.2) is 0 Å². The van der Waals surface area contributed by atoms with E-state index in [0.717, 1.165) is 0 Å². The number of nitrogens with zero attached hydrogens (tertiary/aromatic N) is 1. The third kappa shape index (κ3) is 4.94. The molecule has 2 fully saturated rings. The van der Waals surface area contributed by atoms with Crippen LogP contribution < -0.4 is 0 Å². The Hall–Kier alpha value is -2.94. The van der Waals surface area contributed by atoms with E-state index in [0.29, 0.717) is 25.3 Å². The molecule has 1 unspecified atom stereocenters. The van der Waals surface area contributed by atoms with E-state index in [1.54, 1.807) is 26.0 Å². The lowest BCUT2D eigenvalue weighted by atomic mass is 9.71. The fraction of sp³-hybridized carbons (Fsp3) is 0.562. The zero-order chi connectivity index (χ0) is 31.7. The third-order valence-corrected chi connectivity index (χ3v) is 9.66. The number of phenolic OH excluding ortho intramolecular Hbond substituents is 2. The molecule has 2 aliphatic carbocycles. The smallest absolute Gasteiger partial charge is 0.198 e. The average Bonchev–Trinajstić information content (AvgIpc) is 2.98. The summed E-state index contributed by atoms with van der Waals surface area (Å²) in [7, 11) is 0. The Morgan fingerprint density at radius 1 is 1.11 bits per heavy atom. The Balaban J connectivity index is 1.43. The molecule has 8 atom stereocenters. The van der Waals surface area contributed by atoms with Crippen molar-refractivity contribution < 1.29 is 54.4 Å². The molecular weight excluding hydrogens is 574 g/mol. The molecule has 2 aromatic rings. The highest BCUT2D eigenvalue weighted by Gasteiger charge is 2.50. The van der Waals surface area contributed by atoms with E-state index in [4.69, 9.17) is 14.2 Å². The minimum absolute atomic E-state index is 0.00633. The van der Waals surface area contributed by atoms with Gasteiger partial charge in [-0.2, -0.15) is 0 Å². The fourth-order valence-corrected chi connectivity index (χ4v) is 7.33.